The van der Waals surface area contributed by atoms with Gasteiger partial charge in [-0.25, -0.2) is 0 Å². The topological polar surface area (TPSA) is 73.6 Å². The molecule has 1 aromatic carbocycles. The standard InChI is InChI=1S/C15H24N2O3/c1-11(2)20-14-6-4-5-12(9-14)15(18)17-8-7-13(16)10-19-3/h4-6,9,11,13H,7-8,10,16H2,1-3H3,(H,17,18). The first-order valence-corrected chi connectivity index (χ1v) is 6.82. The lowest BCUT2D eigenvalue weighted by Crippen LogP contribution is -2.32. The molecule has 1 unspecified atom stereocenters. The summed E-state index contributed by atoms with van der Waals surface area (Å²) in [5.74, 6) is 0.576. The monoisotopic (exact) mass is 280 g/mol. The lowest BCUT2D eigenvalue weighted by Gasteiger charge is -2.12. The van der Waals surface area contributed by atoms with Gasteiger partial charge < -0.3 is 20.5 Å². The van der Waals surface area contributed by atoms with Crippen LogP contribution in [0.2, 0.25) is 0 Å². The maximum atomic E-state index is 12.0. The highest BCUT2D eigenvalue weighted by Gasteiger charge is 2.08. The van der Waals surface area contributed by atoms with Gasteiger partial charge in [-0.05, 0) is 38.5 Å². The molecule has 3 N–H and O–H groups in total. The largest absolute Gasteiger partial charge is 0.491 e. The molecule has 0 radical (unpaired) electrons. The molecule has 0 aliphatic carbocycles. The molecule has 0 aliphatic rings. The molecule has 0 aliphatic heterocycles. The van der Waals surface area contributed by atoms with Crippen molar-refractivity contribution in [3.8, 4) is 5.75 Å². The molecular weight excluding hydrogens is 256 g/mol. The Bertz CT molecular complexity index is 421. The molecule has 0 spiro atoms. The number of methoxy groups -OCH3 is 1. The zero-order valence-electron chi connectivity index (χ0n) is 12.4. The summed E-state index contributed by atoms with van der Waals surface area (Å²) in [5, 5.41) is 2.84. The molecule has 1 rings (SSSR count). The van der Waals surface area contributed by atoms with E-state index in [1.54, 1.807) is 19.2 Å². The number of hydrogen-bond acceptors (Lipinski definition) is 4. The minimum Gasteiger partial charge on any atom is -0.491 e. The van der Waals surface area contributed by atoms with Gasteiger partial charge in [-0.15, -0.1) is 0 Å². The Balaban J connectivity index is 2.47. The van der Waals surface area contributed by atoms with Crippen LogP contribution < -0.4 is 15.8 Å². The van der Waals surface area contributed by atoms with E-state index in [0.29, 0.717) is 30.9 Å². The van der Waals surface area contributed by atoms with Gasteiger partial charge >= 0.3 is 0 Å². The second kappa shape index (κ2) is 8.55. The number of ether oxygens (including phenoxy) is 2. The summed E-state index contributed by atoms with van der Waals surface area (Å²) in [6.07, 6.45) is 0.766. The van der Waals surface area contributed by atoms with Crippen molar-refractivity contribution < 1.29 is 14.3 Å². The fourth-order valence-electron chi connectivity index (χ4n) is 1.75. The van der Waals surface area contributed by atoms with Crippen molar-refractivity contribution in [3.63, 3.8) is 0 Å². The number of hydrogen-bond donors (Lipinski definition) is 2. The Labute approximate surface area is 120 Å². The fourth-order valence-corrected chi connectivity index (χ4v) is 1.75. The highest BCUT2D eigenvalue weighted by atomic mass is 16.5. The molecular formula is C15H24N2O3. The summed E-state index contributed by atoms with van der Waals surface area (Å²) in [7, 11) is 1.61. The maximum Gasteiger partial charge on any atom is 0.251 e. The third-order valence-corrected chi connectivity index (χ3v) is 2.65. The van der Waals surface area contributed by atoms with Gasteiger partial charge in [0.15, 0.2) is 0 Å². The molecule has 20 heavy (non-hydrogen) atoms. The van der Waals surface area contributed by atoms with Crippen LogP contribution in [-0.4, -0.2) is 38.3 Å². The smallest absolute Gasteiger partial charge is 0.251 e. The van der Waals surface area contributed by atoms with Gasteiger partial charge in [0.1, 0.15) is 5.75 Å². The molecule has 1 atom stereocenters. The zero-order chi connectivity index (χ0) is 15.0. The summed E-state index contributed by atoms with van der Waals surface area (Å²) >= 11 is 0. The van der Waals surface area contributed by atoms with Crippen molar-refractivity contribution in [2.24, 2.45) is 5.73 Å². The maximum absolute atomic E-state index is 12.0. The van der Waals surface area contributed by atoms with Crippen LogP contribution in [0.4, 0.5) is 0 Å². The van der Waals surface area contributed by atoms with Crippen LogP contribution in [0.15, 0.2) is 24.3 Å². The van der Waals surface area contributed by atoms with E-state index in [0.717, 1.165) is 0 Å². The van der Waals surface area contributed by atoms with Crippen molar-refractivity contribution >= 4 is 5.91 Å². The summed E-state index contributed by atoms with van der Waals surface area (Å²) < 4.78 is 10.5. The number of carbonyl (C=O) groups is 1. The van der Waals surface area contributed by atoms with Gasteiger partial charge in [0.2, 0.25) is 0 Å². The molecule has 5 heteroatoms. The second-order valence-corrected chi connectivity index (χ2v) is 4.95. The quantitative estimate of drug-likeness (QED) is 0.758. The lowest BCUT2D eigenvalue weighted by molar-refractivity contribution is 0.0949. The third-order valence-electron chi connectivity index (χ3n) is 2.65. The van der Waals surface area contributed by atoms with E-state index in [9.17, 15) is 4.79 Å². The van der Waals surface area contributed by atoms with E-state index in [1.165, 1.54) is 0 Å². The van der Waals surface area contributed by atoms with Crippen LogP contribution in [0.25, 0.3) is 0 Å². The van der Waals surface area contributed by atoms with E-state index in [1.807, 2.05) is 26.0 Å². The number of amides is 1. The molecule has 1 aromatic rings. The van der Waals surface area contributed by atoms with Gasteiger partial charge in [-0.2, -0.15) is 0 Å². The summed E-state index contributed by atoms with van der Waals surface area (Å²) in [5.41, 5.74) is 6.38. The van der Waals surface area contributed by atoms with E-state index in [-0.39, 0.29) is 18.1 Å². The second-order valence-electron chi connectivity index (χ2n) is 4.95. The first-order valence-electron chi connectivity index (χ1n) is 6.82. The molecule has 112 valence electrons. The van der Waals surface area contributed by atoms with E-state index < -0.39 is 0 Å². The number of nitrogens with two attached hydrogens (primary N) is 1. The van der Waals surface area contributed by atoms with Crippen LogP contribution in [0, 0.1) is 0 Å². The molecule has 0 fully saturated rings. The van der Waals surface area contributed by atoms with Gasteiger partial charge in [0, 0.05) is 25.3 Å². The van der Waals surface area contributed by atoms with Crippen LogP contribution in [0.3, 0.4) is 0 Å². The van der Waals surface area contributed by atoms with Crippen molar-refractivity contribution in [2.75, 3.05) is 20.3 Å². The average molecular weight is 280 g/mol. The predicted octanol–water partition coefficient (Wildman–Crippen LogP) is 1.57. The normalized spacial score (nSPS) is 12.2. The minimum atomic E-state index is -0.121. The van der Waals surface area contributed by atoms with Crippen molar-refractivity contribution in [1.29, 1.82) is 0 Å². The summed E-state index contributed by atoms with van der Waals surface area (Å²) in [4.78, 5) is 12.0. The van der Waals surface area contributed by atoms with Gasteiger partial charge in [-0.3, -0.25) is 4.79 Å². The number of rotatable bonds is 8. The zero-order valence-corrected chi connectivity index (χ0v) is 12.4. The molecule has 0 aromatic heterocycles. The van der Waals surface area contributed by atoms with E-state index in [4.69, 9.17) is 15.2 Å². The van der Waals surface area contributed by atoms with E-state index in [2.05, 4.69) is 5.32 Å². The molecule has 1 amide bonds. The first kappa shape index (κ1) is 16.5. The van der Waals surface area contributed by atoms with Gasteiger partial charge in [0.25, 0.3) is 5.91 Å². The predicted molar refractivity (Wildman–Crippen MR) is 79.0 cm³/mol. The van der Waals surface area contributed by atoms with Crippen LogP contribution in [0.5, 0.6) is 5.75 Å². The highest BCUT2D eigenvalue weighted by molar-refractivity contribution is 5.94. The SMILES string of the molecule is COCC(N)CCNC(=O)c1cccc(OC(C)C)c1. The molecule has 0 saturated heterocycles. The fraction of sp³-hybridized carbons (Fsp3) is 0.533. The van der Waals surface area contributed by atoms with Gasteiger partial charge in [-0.1, -0.05) is 6.07 Å². The number of benzene rings is 1. The lowest BCUT2D eigenvalue weighted by atomic mass is 10.2. The minimum absolute atomic E-state index is 0.0593. The van der Waals surface area contributed by atoms with E-state index >= 15 is 0 Å². The highest BCUT2D eigenvalue weighted by Crippen LogP contribution is 2.14. The van der Waals surface area contributed by atoms with Gasteiger partial charge in [0.05, 0.1) is 12.7 Å². The van der Waals surface area contributed by atoms with Crippen molar-refractivity contribution in [2.45, 2.75) is 32.4 Å². The van der Waals surface area contributed by atoms with Crippen molar-refractivity contribution in [3.05, 3.63) is 29.8 Å². The van der Waals surface area contributed by atoms with Crippen molar-refractivity contribution in [1.82, 2.24) is 5.32 Å². The summed E-state index contributed by atoms with van der Waals surface area (Å²) in [6, 6.07) is 7.09. The van der Waals surface area contributed by atoms with Crippen LogP contribution in [0.1, 0.15) is 30.6 Å². The Morgan fingerprint density at radius 2 is 2.15 bits per heavy atom. The number of nitrogens with one attached hydrogen (secondary N) is 1. The first-order chi connectivity index (χ1) is 9.52. The summed E-state index contributed by atoms with van der Waals surface area (Å²) in [6.45, 7) is 4.92. The number of carbonyl (C=O) groups excluding carboxylic acids is 1. The molecule has 0 saturated carbocycles. The average Bonchev–Trinajstić information content (AvgIpc) is 2.38. The molecule has 0 heterocycles. The third kappa shape index (κ3) is 6.04. The Kier molecular flexibility index (Phi) is 7.04. The molecule has 5 nitrogen and oxygen atoms in total. The Hall–Kier alpha value is -1.59. The van der Waals surface area contributed by atoms with Crippen LogP contribution >= 0.6 is 0 Å². The Morgan fingerprint density at radius 1 is 1.40 bits per heavy atom. The Morgan fingerprint density at radius 3 is 2.80 bits per heavy atom. The molecule has 0 bridgehead atoms. The van der Waals surface area contributed by atoms with Crippen LogP contribution in [-0.2, 0) is 4.74 Å².